The van der Waals surface area contributed by atoms with Crippen LogP contribution >= 0.6 is 27.5 Å². The second-order valence-electron chi connectivity index (χ2n) is 4.12. The summed E-state index contributed by atoms with van der Waals surface area (Å²) in [7, 11) is 0. The molecule has 0 aliphatic carbocycles. The summed E-state index contributed by atoms with van der Waals surface area (Å²) in [6, 6.07) is 11.2. The van der Waals surface area contributed by atoms with Crippen LogP contribution in [0, 0.1) is 0 Å². The average molecular weight is 338 g/mol. The van der Waals surface area contributed by atoms with Crippen LogP contribution in [0.1, 0.15) is 0 Å². The van der Waals surface area contributed by atoms with Gasteiger partial charge in [0.15, 0.2) is 0 Å². The first-order valence-electron chi connectivity index (χ1n) is 5.59. The minimum atomic E-state index is 0.644. The van der Waals surface area contributed by atoms with Crippen molar-refractivity contribution in [2.75, 3.05) is 11.1 Å². The molecular formula is C13H10BrClN4. The zero-order chi connectivity index (χ0) is 13.4. The highest BCUT2D eigenvalue weighted by molar-refractivity contribution is 9.10. The lowest BCUT2D eigenvalue weighted by atomic mass is 10.3. The molecule has 4 nitrogen and oxygen atoms in total. The predicted molar refractivity (Wildman–Crippen MR) is 82.9 cm³/mol. The molecule has 0 atom stereocenters. The molecule has 1 aromatic heterocycles. The third-order valence-electron chi connectivity index (χ3n) is 2.69. The van der Waals surface area contributed by atoms with E-state index < -0.39 is 0 Å². The molecule has 0 unspecified atom stereocenters. The normalized spacial score (nSPS) is 10.8. The van der Waals surface area contributed by atoms with E-state index in [-0.39, 0.29) is 0 Å². The first-order chi connectivity index (χ1) is 9.11. The number of anilines is 3. The number of hydrogen-bond acceptors (Lipinski definition) is 3. The van der Waals surface area contributed by atoms with Gasteiger partial charge in [0.2, 0.25) is 5.95 Å². The second-order valence-corrected chi connectivity index (χ2v) is 5.38. The maximum atomic E-state index is 6.05. The van der Waals surface area contributed by atoms with Gasteiger partial charge >= 0.3 is 0 Å². The molecule has 2 aromatic carbocycles. The Morgan fingerprint density at radius 2 is 2.05 bits per heavy atom. The molecule has 0 bridgehead atoms. The number of aromatic nitrogens is 2. The van der Waals surface area contributed by atoms with Crippen LogP contribution in [0.5, 0.6) is 0 Å². The van der Waals surface area contributed by atoms with Crippen LogP contribution in [0.4, 0.5) is 17.3 Å². The summed E-state index contributed by atoms with van der Waals surface area (Å²) in [6.45, 7) is 0. The standard InChI is InChI=1S/C13H10BrClN4/c14-9-3-2-8(6-10(9)15)17-13-18-11-4-1-7(16)5-12(11)19-13/h1-6H,16H2,(H2,17,18,19). The summed E-state index contributed by atoms with van der Waals surface area (Å²) >= 11 is 9.40. The first-order valence-corrected chi connectivity index (χ1v) is 6.76. The Morgan fingerprint density at radius 1 is 1.21 bits per heavy atom. The lowest BCUT2D eigenvalue weighted by molar-refractivity contribution is 1.31. The molecule has 0 radical (unpaired) electrons. The number of halogens is 2. The minimum absolute atomic E-state index is 0.644. The molecule has 96 valence electrons. The molecule has 4 N–H and O–H groups in total. The van der Waals surface area contributed by atoms with Gasteiger partial charge < -0.3 is 16.0 Å². The van der Waals surface area contributed by atoms with Crippen LogP contribution < -0.4 is 11.1 Å². The summed E-state index contributed by atoms with van der Waals surface area (Å²) in [6.07, 6.45) is 0. The monoisotopic (exact) mass is 336 g/mol. The van der Waals surface area contributed by atoms with Crippen LogP contribution in [0.3, 0.4) is 0 Å². The Balaban J connectivity index is 1.94. The first kappa shape index (κ1) is 12.3. The molecule has 0 saturated heterocycles. The van der Waals surface area contributed by atoms with E-state index in [1.54, 1.807) is 0 Å². The topological polar surface area (TPSA) is 66.7 Å². The average Bonchev–Trinajstić information content (AvgIpc) is 2.75. The molecule has 19 heavy (non-hydrogen) atoms. The summed E-state index contributed by atoms with van der Waals surface area (Å²) < 4.78 is 0.858. The number of nitrogens with zero attached hydrogens (tertiary/aromatic N) is 1. The van der Waals surface area contributed by atoms with Crippen LogP contribution in [0.15, 0.2) is 40.9 Å². The number of nitrogen functional groups attached to an aromatic ring is 1. The molecular weight excluding hydrogens is 328 g/mol. The van der Waals surface area contributed by atoms with E-state index >= 15 is 0 Å². The molecule has 0 aliphatic heterocycles. The number of hydrogen-bond donors (Lipinski definition) is 3. The Hall–Kier alpha value is -1.72. The number of nitrogens with two attached hydrogens (primary N) is 1. The number of nitrogens with one attached hydrogen (secondary N) is 2. The highest BCUT2D eigenvalue weighted by atomic mass is 79.9. The fourth-order valence-corrected chi connectivity index (χ4v) is 2.22. The Bertz CT molecular complexity index is 753. The van der Waals surface area contributed by atoms with Crippen LogP contribution in [-0.4, -0.2) is 9.97 Å². The fourth-order valence-electron chi connectivity index (χ4n) is 1.80. The van der Waals surface area contributed by atoms with Crippen molar-refractivity contribution in [3.8, 4) is 0 Å². The molecule has 0 aliphatic rings. The van der Waals surface area contributed by atoms with Crippen LogP contribution in [0.2, 0.25) is 5.02 Å². The van der Waals surface area contributed by atoms with Crippen LogP contribution in [0.25, 0.3) is 11.0 Å². The molecule has 3 aromatic rings. The summed E-state index contributed by atoms with van der Waals surface area (Å²) in [4.78, 5) is 7.59. The van der Waals surface area contributed by atoms with E-state index in [0.29, 0.717) is 16.7 Å². The smallest absolute Gasteiger partial charge is 0.205 e. The number of H-pyrrole nitrogens is 1. The van der Waals surface area contributed by atoms with Crippen molar-refractivity contribution in [2.24, 2.45) is 0 Å². The summed E-state index contributed by atoms with van der Waals surface area (Å²) in [5, 5.41) is 3.81. The van der Waals surface area contributed by atoms with Crippen molar-refractivity contribution in [2.45, 2.75) is 0 Å². The van der Waals surface area contributed by atoms with Crippen molar-refractivity contribution in [3.63, 3.8) is 0 Å². The molecule has 6 heteroatoms. The van der Waals surface area contributed by atoms with Gasteiger partial charge in [-0.15, -0.1) is 0 Å². The highest BCUT2D eigenvalue weighted by Gasteiger charge is 2.04. The fraction of sp³-hybridized carbons (Fsp3) is 0. The van der Waals surface area contributed by atoms with E-state index in [1.807, 2.05) is 36.4 Å². The summed E-state index contributed by atoms with van der Waals surface area (Å²) in [5.41, 5.74) is 9.05. The Kier molecular flexibility index (Phi) is 3.08. The van der Waals surface area contributed by atoms with E-state index in [4.69, 9.17) is 17.3 Å². The van der Waals surface area contributed by atoms with E-state index in [2.05, 4.69) is 31.2 Å². The molecule has 0 saturated carbocycles. The number of aromatic amines is 1. The van der Waals surface area contributed by atoms with Crippen molar-refractivity contribution in [3.05, 3.63) is 45.9 Å². The zero-order valence-electron chi connectivity index (χ0n) is 9.74. The van der Waals surface area contributed by atoms with Gasteiger partial charge in [-0.05, 0) is 52.3 Å². The maximum absolute atomic E-state index is 6.05. The Labute approximate surface area is 123 Å². The van der Waals surface area contributed by atoms with Gasteiger partial charge in [-0.25, -0.2) is 4.98 Å². The van der Waals surface area contributed by atoms with Crippen LogP contribution in [-0.2, 0) is 0 Å². The van der Waals surface area contributed by atoms with Gasteiger partial charge in [0.05, 0.1) is 16.1 Å². The zero-order valence-corrected chi connectivity index (χ0v) is 12.1. The largest absolute Gasteiger partial charge is 0.399 e. The maximum Gasteiger partial charge on any atom is 0.205 e. The lowest BCUT2D eigenvalue weighted by Gasteiger charge is -2.03. The van der Waals surface area contributed by atoms with Gasteiger partial charge in [-0.1, -0.05) is 11.6 Å². The van der Waals surface area contributed by atoms with E-state index in [0.717, 1.165) is 21.2 Å². The third kappa shape index (κ3) is 2.52. The van der Waals surface area contributed by atoms with Gasteiger partial charge in [0.25, 0.3) is 0 Å². The van der Waals surface area contributed by atoms with E-state index in [9.17, 15) is 0 Å². The number of benzene rings is 2. The van der Waals surface area contributed by atoms with Crippen molar-refractivity contribution < 1.29 is 0 Å². The van der Waals surface area contributed by atoms with E-state index in [1.165, 1.54) is 0 Å². The molecule has 0 fully saturated rings. The third-order valence-corrected chi connectivity index (χ3v) is 3.92. The van der Waals surface area contributed by atoms with Gasteiger partial charge in [-0.2, -0.15) is 0 Å². The number of fused-ring (bicyclic) bond motifs is 1. The molecule has 0 amide bonds. The Morgan fingerprint density at radius 3 is 2.84 bits per heavy atom. The van der Waals surface area contributed by atoms with Gasteiger partial charge in [-0.3, -0.25) is 0 Å². The van der Waals surface area contributed by atoms with Gasteiger partial charge in [0.1, 0.15) is 0 Å². The van der Waals surface area contributed by atoms with Crippen molar-refractivity contribution in [1.29, 1.82) is 0 Å². The second kappa shape index (κ2) is 4.75. The predicted octanol–water partition coefficient (Wildman–Crippen LogP) is 4.30. The van der Waals surface area contributed by atoms with Crippen molar-refractivity contribution >= 4 is 55.9 Å². The molecule has 1 heterocycles. The quantitative estimate of drug-likeness (QED) is 0.611. The highest BCUT2D eigenvalue weighted by Crippen LogP contribution is 2.27. The van der Waals surface area contributed by atoms with Gasteiger partial charge in [0, 0.05) is 15.8 Å². The molecule has 3 rings (SSSR count). The van der Waals surface area contributed by atoms with Crippen molar-refractivity contribution in [1.82, 2.24) is 9.97 Å². The summed E-state index contributed by atoms with van der Waals surface area (Å²) in [5.74, 6) is 0.652. The molecule has 0 spiro atoms. The minimum Gasteiger partial charge on any atom is -0.399 e. The number of imidazole rings is 1. The number of rotatable bonds is 2. The SMILES string of the molecule is Nc1ccc2nc(Nc3ccc(Br)c(Cl)c3)[nH]c2c1. The lowest BCUT2D eigenvalue weighted by Crippen LogP contribution is -1.91.